The molecule has 0 aliphatic carbocycles. The summed E-state index contributed by atoms with van der Waals surface area (Å²) in [7, 11) is 0. The highest BCUT2D eigenvalue weighted by Gasteiger charge is 2.45. The number of rotatable bonds is 1. The fraction of sp³-hybridized carbons (Fsp3) is 0.867. The molecule has 6 heteroatoms. The number of fused-ring (bicyclic) bond motifs is 2. The minimum atomic E-state index is -0.894. The van der Waals surface area contributed by atoms with Crippen molar-refractivity contribution in [3.05, 3.63) is 0 Å². The molecule has 0 aromatic heterocycles. The number of hydrogen-bond donors (Lipinski definition) is 2. The van der Waals surface area contributed by atoms with Crippen LogP contribution in [0.1, 0.15) is 51.4 Å². The summed E-state index contributed by atoms with van der Waals surface area (Å²) in [6.07, 6.45) is 6.09. The van der Waals surface area contributed by atoms with Gasteiger partial charge in [0.15, 0.2) is 0 Å². The summed E-state index contributed by atoms with van der Waals surface area (Å²) in [5.41, 5.74) is 0. The Bertz CT molecular complexity index is 414. The Morgan fingerprint density at radius 3 is 2.24 bits per heavy atom. The van der Waals surface area contributed by atoms with Gasteiger partial charge in [0.05, 0.1) is 6.10 Å². The van der Waals surface area contributed by atoms with Gasteiger partial charge in [0.25, 0.3) is 0 Å². The lowest BCUT2D eigenvalue weighted by molar-refractivity contribution is -0.142. The van der Waals surface area contributed by atoms with Crippen molar-refractivity contribution in [2.24, 2.45) is 0 Å². The van der Waals surface area contributed by atoms with E-state index < -0.39 is 12.0 Å². The fourth-order valence-corrected chi connectivity index (χ4v) is 4.20. The number of nitrogens with zero attached hydrogens (tertiary/aromatic N) is 2. The fourth-order valence-electron chi connectivity index (χ4n) is 4.20. The zero-order chi connectivity index (χ0) is 15.0. The van der Waals surface area contributed by atoms with Crippen molar-refractivity contribution >= 4 is 12.0 Å². The number of hydrogen-bond acceptors (Lipinski definition) is 3. The van der Waals surface area contributed by atoms with Gasteiger partial charge >= 0.3 is 12.0 Å². The van der Waals surface area contributed by atoms with Crippen LogP contribution in [0.5, 0.6) is 0 Å². The predicted octanol–water partition coefficient (Wildman–Crippen LogP) is 1.42. The summed E-state index contributed by atoms with van der Waals surface area (Å²) >= 11 is 0. The first-order valence-corrected chi connectivity index (χ1v) is 8.07. The molecule has 2 amide bonds. The Morgan fingerprint density at radius 2 is 1.62 bits per heavy atom. The maximum absolute atomic E-state index is 12.9. The standard InChI is InChI=1S/C15H24N2O4/c18-12-8-10-5-6-11(9-12)17(10)15(21)16-7-3-1-2-4-13(16)14(19)20/h10-13,18H,1-9H2,(H,19,20). The summed E-state index contributed by atoms with van der Waals surface area (Å²) in [5, 5.41) is 19.3. The van der Waals surface area contributed by atoms with Crippen LogP contribution in [0, 0.1) is 0 Å². The SMILES string of the molecule is O=C(O)C1CCCCCN1C(=O)N1C2CCC1CC(O)C2. The Labute approximate surface area is 124 Å². The van der Waals surface area contributed by atoms with Gasteiger partial charge in [0.1, 0.15) is 6.04 Å². The van der Waals surface area contributed by atoms with Crippen LogP contribution in [0.4, 0.5) is 4.79 Å². The monoisotopic (exact) mass is 296 g/mol. The minimum Gasteiger partial charge on any atom is -0.480 e. The summed E-state index contributed by atoms with van der Waals surface area (Å²) in [4.78, 5) is 27.8. The van der Waals surface area contributed by atoms with E-state index in [-0.39, 0.29) is 24.2 Å². The number of urea groups is 1. The number of piperidine rings is 1. The second kappa shape index (κ2) is 5.83. The molecule has 3 unspecified atom stereocenters. The molecule has 3 saturated heterocycles. The Balaban J connectivity index is 1.78. The summed E-state index contributed by atoms with van der Waals surface area (Å²) in [6.45, 7) is 0.536. The molecule has 3 atom stereocenters. The van der Waals surface area contributed by atoms with E-state index in [0.29, 0.717) is 25.8 Å². The maximum atomic E-state index is 12.9. The van der Waals surface area contributed by atoms with E-state index >= 15 is 0 Å². The van der Waals surface area contributed by atoms with Crippen molar-refractivity contribution < 1.29 is 19.8 Å². The molecule has 0 spiro atoms. The van der Waals surface area contributed by atoms with Gasteiger partial charge < -0.3 is 20.0 Å². The molecular formula is C15H24N2O4. The van der Waals surface area contributed by atoms with Gasteiger partial charge in [-0.05, 0) is 38.5 Å². The number of likely N-dealkylation sites (tertiary alicyclic amines) is 1. The van der Waals surface area contributed by atoms with Gasteiger partial charge in [-0.3, -0.25) is 0 Å². The smallest absolute Gasteiger partial charge is 0.326 e. The van der Waals surface area contributed by atoms with E-state index in [1.54, 1.807) is 4.90 Å². The van der Waals surface area contributed by atoms with Crippen LogP contribution in [0.3, 0.4) is 0 Å². The van der Waals surface area contributed by atoms with Crippen LogP contribution in [0.2, 0.25) is 0 Å². The van der Waals surface area contributed by atoms with Crippen LogP contribution < -0.4 is 0 Å². The van der Waals surface area contributed by atoms with Crippen molar-refractivity contribution in [1.82, 2.24) is 9.80 Å². The quantitative estimate of drug-likeness (QED) is 0.767. The number of carboxylic acids is 1. The number of aliphatic carboxylic acids is 1. The third kappa shape index (κ3) is 2.73. The maximum Gasteiger partial charge on any atom is 0.326 e. The zero-order valence-electron chi connectivity index (χ0n) is 12.3. The second-order valence-corrected chi connectivity index (χ2v) is 6.60. The molecule has 0 aromatic rings. The molecule has 6 nitrogen and oxygen atoms in total. The van der Waals surface area contributed by atoms with Gasteiger partial charge in [0, 0.05) is 18.6 Å². The van der Waals surface area contributed by atoms with Crippen molar-refractivity contribution in [2.45, 2.75) is 75.6 Å². The Morgan fingerprint density at radius 1 is 0.952 bits per heavy atom. The van der Waals surface area contributed by atoms with Gasteiger partial charge in [-0.25, -0.2) is 9.59 Å². The average molecular weight is 296 g/mol. The largest absolute Gasteiger partial charge is 0.480 e. The number of carboxylic acid groups (broad SMARTS) is 1. The molecule has 3 aliphatic heterocycles. The lowest BCUT2D eigenvalue weighted by Crippen LogP contribution is -2.56. The van der Waals surface area contributed by atoms with Crippen molar-refractivity contribution in [1.29, 1.82) is 0 Å². The van der Waals surface area contributed by atoms with E-state index in [0.717, 1.165) is 32.1 Å². The first-order chi connectivity index (χ1) is 10.1. The Kier molecular flexibility index (Phi) is 4.06. The van der Waals surface area contributed by atoms with Crippen LogP contribution in [-0.2, 0) is 4.79 Å². The molecule has 0 aromatic carbocycles. The molecule has 2 bridgehead atoms. The van der Waals surface area contributed by atoms with E-state index in [1.165, 1.54) is 0 Å². The number of carbonyl (C=O) groups is 2. The van der Waals surface area contributed by atoms with Gasteiger partial charge in [-0.1, -0.05) is 12.8 Å². The van der Waals surface area contributed by atoms with Gasteiger partial charge in [-0.15, -0.1) is 0 Å². The lowest BCUT2D eigenvalue weighted by atomic mass is 10.00. The van der Waals surface area contributed by atoms with Crippen molar-refractivity contribution in [2.75, 3.05) is 6.54 Å². The van der Waals surface area contributed by atoms with Crippen molar-refractivity contribution in [3.63, 3.8) is 0 Å². The van der Waals surface area contributed by atoms with Crippen LogP contribution in [0.15, 0.2) is 0 Å². The van der Waals surface area contributed by atoms with Crippen LogP contribution >= 0.6 is 0 Å². The predicted molar refractivity (Wildman–Crippen MR) is 75.9 cm³/mol. The van der Waals surface area contributed by atoms with Crippen molar-refractivity contribution in [3.8, 4) is 0 Å². The molecular weight excluding hydrogens is 272 g/mol. The third-order valence-corrected chi connectivity index (χ3v) is 5.21. The molecule has 0 radical (unpaired) electrons. The molecule has 0 saturated carbocycles. The molecule has 3 aliphatic rings. The van der Waals surface area contributed by atoms with E-state index in [1.807, 2.05) is 4.90 Å². The van der Waals surface area contributed by atoms with Crippen LogP contribution in [-0.4, -0.2) is 62.8 Å². The van der Waals surface area contributed by atoms with Gasteiger partial charge in [-0.2, -0.15) is 0 Å². The topological polar surface area (TPSA) is 81.1 Å². The first kappa shape index (κ1) is 14.6. The summed E-state index contributed by atoms with van der Waals surface area (Å²) < 4.78 is 0. The average Bonchev–Trinajstić information content (AvgIpc) is 2.64. The van der Waals surface area contributed by atoms with Crippen LogP contribution in [0.25, 0.3) is 0 Å². The molecule has 2 N–H and O–H groups in total. The molecule has 3 fully saturated rings. The number of amides is 2. The van der Waals surface area contributed by atoms with E-state index in [9.17, 15) is 19.8 Å². The molecule has 21 heavy (non-hydrogen) atoms. The number of aliphatic hydroxyl groups is 1. The van der Waals surface area contributed by atoms with E-state index in [4.69, 9.17) is 0 Å². The normalized spacial score (nSPS) is 36.4. The number of carbonyl (C=O) groups excluding carboxylic acids is 1. The minimum absolute atomic E-state index is 0.0870. The highest BCUT2D eigenvalue weighted by molar-refractivity contribution is 5.83. The summed E-state index contributed by atoms with van der Waals surface area (Å²) in [6, 6.07) is -0.636. The highest BCUT2D eigenvalue weighted by Crippen LogP contribution is 2.37. The highest BCUT2D eigenvalue weighted by atomic mass is 16.4. The Hall–Kier alpha value is -1.30. The molecule has 3 heterocycles. The second-order valence-electron chi connectivity index (χ2n) is 6.60. The molecule has 3 rings (SSSR count). The van der Waals surface area contributed by atoms with E-state index in [2.05, 4.69) is 0 Å². The van der Waals surface area contributed by atoms with Gasteiger partial charge in [0.2, 0.25) is 0 Å². The first-order valence-electron chi connectivity index (χ1n) is 8.07. The lowest BCUT2D eigenvalue weighted by Gasteiger charge is -2.41. The number of aliphatic hydroxyl groups excluding tert-OH is 1. The third-order valence-electron chi connectivity index (χ3n) is 5.21. The summed E-state index contributed by atoms with van der Waals surface area (Å²) in [5.74, 6) is -0.894. The molecule has 118 valence electrons. The zero-order valence-corrected chi connectivity index (χ0v) is 12.3.